The number of carbonyl (C=O) groups excluding carboxylic acids is 2. The number of hydrogen-bond donors (Lipinski definition) is 0. The zero-order valence-corrected chi connectivity index (χ0v) is 14.7. The number of nitriles is 1. The molecule has 0 N–H and O–H groups in total. The van der Waals surface area contributed by atoms with Crippen LogP contribution >= 0.6 is 11.8 Å². The summed E-state index contributed by atoms with van der Waals surface area (Å²) in [6.45, 7) is -0.0916. The molecule has 0 radical (unpaired) electrons. The fraction of sp³-hybridized carbons (Fsp3) is 0.105. The van der Waals surface area contributed by atoms with Crippen molar-refractivity contribution in [2.75, 3.05) is 18.6 Å². The molecule has 0 bridgehead atoms. The summed E-state index contributed by atoms with van der Waals surface area (Å²) in [5.74, 6) is 0.509. The normalized spacial score (nSPS) is 15.2. The molecule has 0 unspecified atom stereocenters. The highest BCUT2D eigenvalue weighted by atomic mass is 32.2. The van der Waals surface area contributed by atoms with Crippen molar-refractivity contribution in [3.05, 3.63) is 59.0 Å². The zero-order valence-electron chi connectivity index (χ0n) is 13.8. The molecule has 2 aromatic rings. The Morgan fingerprint density at radius 1 is 1.15 bits per heavy atom. The second-order valence-corrected chi connectivity index (χ2v) is 6.20. The van der Waals surface area contributed by atoms with Crippen LogP contribution in [0.15, 0.2) is 53.4 Å². The molecule has 1 aliphatic heterocycles. The second-order valence-electron chi connectivity index (χ2n) is 5.21. The number of benzene rings is 2. The standard InChI is InChI=1S/C19H14N2O4S/c1-24-16-11-13(7-8-15(16)25-10-9-20)12-17-18(22)21(19(23)26-17)14-5-3-2-4-6-14/h2-8,11-12H,10H2,1H3/b17-12+. The van der Waals surface area contributed by atoms with Crippen molar-refractivity contribution in [1.82, 2.24) is 0 Å². The van der Waals surface area contributed by atoms with Crippen LogP contribution in [-0.4, -0.2) is 24.9 Å². The van der Waals surface area contributed by atoms with E-state index in [2.05, 4.69) is 0 Å². The summed E-state index contributed by atoms with van der Waals surface area (Å²) in [4.78, 5) is 26.3. The molecule has 0 saturated carbocycles. The van der Waals surface area contributed by atoms with Crippen LogP contribution < -0.4 is 14.4 Å². The third-order valence-electron chi connectivity index (χ3n) is 3.59. The molecule has 7 heteroatoms. The van der Waals surface area contributed by atoms with Crippen molar-refractivity contribution in [3.63, 3.8) is 0 Å². The van der Waals surface area contributed by atoms with E-state index in [0.29, 0.717) is 27.7 Å². The minimum absolute atomic E-state index is 0.0916. The van der Waals surface area contributed by atoms with E-state index in [1.54, 1.807) is 48.5 Å². The van der Waals surface area contributed by atoms with Crippen LogP contribution in [0.5, 0.6) is 11.5 Å². The Morgan fingerprint density at radius 3 is 2.62 bits per heavy atom. The highest BCUT2D eigenvalue weighted by molar-refractivity contribution is 8.19. The predicted molar refractivity (Wildman–Crippen MR) is 99.0 cm³/mol. The van der Waals surface area contributed by atoms with Gasteiger partial charge in [0.2, 0.25) is 0 Å². The van der Waals surface area contributed by atoms with E-state index < -0.39 is 0 Å². The van der Waals surface area contributed by atoms with Crippen LogP contribution in [-0.2, 0) is 4.79 Å². The van der Waals surface area contributed by atoms with Gasteiger partial charge in [-0.25, -0.2) is 4.90 Å². The smallest absolute Gasteiger partial charge is 0.298 e. The maximum absolute atomic E-state index is 12.6. The minimum Gasteiger partial charge on any atom is -0.493 e. The Hall–Kier alpha value is -3.24. The van der Waals surface area contributed by atoms with Crippen molar-refractivity contribution in [3.8, 4) is 17.6 Å². The number of methoxy groups -OCH3 is 1. The Kier molecular flexibility index (Phi) is 5.25. The molecule has 6 nitrogen and oxygen atoms in total. The van der Waals surface area contributed by atoms with Gasteiger partial charge in [0.15, 0.2) is 18.1 Å². The van der Waals surface area contributed by atoms with Gasteiger partial charge in [-0.1, -0.05) is 24.3 Å². The first-order valence-electron chi connectivity index (χ1n) is 7.65. The van der Waals surface area contributed by atoms with Crippen LogP contribution in [0, 0.1) is 11.3 Å². The molecule has 1 heterocycles. The highest BCUT2D eigenvalue weighted by Crippen LogP contribution is 2.36. The molecule has 1 aliphatic rings. The van der Waals surface area contributed by atoms with E-state index in [-0.39, 0.29) is 17.8 Å². The maximum Gasteiger partial charge on any atom is 0.298 e. The number of rotatable bonds is 5. The summed E-state index contributed by atoms with van der Waals surface area (Å²) in [6.07, 6.45) is 1.63. The van der Waals surface area contributed by atoms with Gasteiger partial charge in [-0.3, -0.25) is 9.59 Å². The molecular formula is C19H14N2O4S. The van der Waals surface area contributed by atoms with Gasteiger partial charge >= 0.3 is 0 Å². The van der Waals surface area contributed by atoms with E-state index >= 15 is 0 Å². The van der Waals surface area contributed by atoms with Crippen molar-refractivity contribution < 1.29 is 19.1 Å². The average molecular weight is 366 g/mol. The number of imide groups is 1. The monoisotopic (exact) mass is 366 g/mol. The lowest BCUT2D eigenvalue weighted by atomic mass is 10.2. The lowest BCUT2D eigenvalue weighted by molar-refractivity contribution is -0.113. The Bertz CT molecular complexity index is 919. The third kappa shape index (κ3) is 3.55. The Morgan fingerprint density at radius 2 is 1.92 bits per heavy atom. The van der Waals surface area contributed by atoms with Gasteiger partial charge < -0.3 is 9.47 Å². The number of ether oxygens (including phenoxy) is 2. The summed E-state index contributed by atoms with van der Waals surface area (Å²) in [7, 11) is 1.49. The summed E-state index contributed by atoms with van der Waals surface area (Å²) in [5.41, 5.74) is 1.22. The SMILES string of the molecule is COc1cc(/C=C2/SC(=O)N(c3ccccc3)C2=O)ccc1OCC#N. The fourth-order valence-electron chi connectivity index (χ4n) is 2.42. The van der Waals surface area contributed by atoms with Crippen molar-refractivity contribution in [1.29, 1.82) is 5.26 Å². The van der Waals surface area contributed by atoms with Crippen molar-refractivity contribution in [2.45, 2.75) is 0 Å². The van der Waals surface area contributed by atoms with Gasteiger partial charge in [0.1, 0.15) is 6.07 Å². The Balaban J connectivity index is 1.88. The summed E-state index contributed by atoms with van der Waals surface area (Å²) >= 11 is 0.886. The molecule has 2 amide bonds. The van der Waals surface area contributed by atoms with Crippen LogP contribution in [0.25, 0.3) is 6.08 Å². The van der Waals surface area contributed by atoms with Gasteiger partial charge in [0.05, 0.1) is 17.7 Å². The lowest BCUT2D eigenvalue weighted by Gasteiger charge is -2.11. The molecule has 0 spiro atoms. The largest absolute Gasteiger partial charge is 0.493 e. The molecule has 0 aromatic heterocycles. The van der Waals surface area contributed by atoms with E-state index in [4.69, 9.17) is 14.7 Å². The zero-order chi connectivity index (χ0) is 18.5. The number of anilines is 1. The molecule has 2 aromatic carbocycles. The van der Waals surface area contributed by atoms with Gasteiger partial charge in [-0.2, -0.15) is 5.26 Å². The number of carbonyl (C=O) groups is 2. The predicted octanol–water partition coefficient (Wildman–Crippen LogP) is 3.84. The van der Waals surface area contributed by atoms with Crippen LogP contribution in [0.1, 0.15) is 5.56 Å². The molecule has 3 rings (SSSR count). The summed E-state index contributed by atoms with van der Waals surface area (Å²) < 4.78 is 10.5. The molecule has 130 valence electrons. The number of thioether (sulfide) groups is 1. The molecule has 0 aliphatic carbocycles. The molecular weight excluding hydrogens is 352 g/mol. The molecule has 1 fully saturated rings. The molecule has 26 heavy (non-hydrogen) atoms. The first-order valence-corrected chi connectivity index (χ1v) is 8.46. The van der Waals surface area contributed by atoms with Crippen molar-refractivity contribution in [2.24, 2.45) is 0 Å². The van der Waals surface area contributed by atoms with Gasteiger partial charge in [0.25, 0.3) is 11.1 Å². The van der Waals surface area contributed by atoms with Gasteiger partial charge in [-0.05, 0) is 47.7 Å². The third-order valence-corrected chi connectivity index (χ3v) is 4.46. The minimum atomic E-state index is -0.366. The average Bonchev–Trinajstić information content (AvgIpc) is 2.94. The van der Waals surface area contributed by atoms with E-state index in [1.165, 1.54) is 7.11 Å². The number of nitrogens with zero attached hydrogens (tertiary/aromatic N) is 2. The molecule has 0 atom stereocenters. The van der Waals surface area contributed by atoms with Gasteiger partial charge in [0, 0.05) is 0 Å². The highest BCUT2D eigenvalue weighted by Gasteiger charge is 2.36. The van der Waals surface area contributed by atoms with Crippen LogP contribution in [0.3, 0.4) is 0 Å². The first-order chi connectivity index (χ1) is 12.6. The maximum atomic E-state index is 12.6. The molecule has 1 saturated heterocycles. The van der Waals surface area contributed by atoms with Crippen molar-refractivity contribution >= 4 is 34.7 Å². The first kappa shape index (κ1) is 17.6. The van der Waals surface area contributed by atoms with Gasteiger partial charge in [-0.15, -0.1) is 0 Å². The fourth-order valence-corrected chi connectivity index (χ4v) is 3.26. The van der Waals surface area contributed by atoms with E-state index in [0.717, 1.165) is 16.7 Å². The Labute approximate surface area is 154 Å². The van der Waals surface area contributed by atoms with Crippen LogP contribution in [0.2, 0.25) is 0 Å². The number of para-hydroxylation sites is 1. The summed E-state index contributed by atoms with van der Waals surface area (Å²) in [5, 5.41) is 8.27. The lowest BCUT2D eigenvalue weighted by Crippen LogP contribution is -2.27. The second kappa shape index (κ2) is 7.76. The van der Waals surface area contributed by atoms with E-state index in [1.807, 2.05) is 12.1 Å². The van der Waals surface area contributed by atoms with Crippen LogP contribution in [0.4, 0.5) is 10.5 Å². The number of hydrogen-bond acceptors (Lipinski definition) is 6. The summed E-state index contributed by atoms with van der Waals surface area (Å²) in [6, 6.07) is 15.7. The topological polar surface area (TPSA) is 79.6 Å². The van der Waals surface area contributed by atoms with E-state index in [9.17, 15) is 9.59 Å². The quantitative estimate of drug-likeness (QED) is 0.748. The number of amides is 2.